The summed E-state index contributed by atoms with van der Waals surface area (Å²) in [4.78, 5) is 31.2. The van der Waals surface area contributed by atoms with Crippen LogP contribution in [0.5, 0.6) is 5.75 Å². The van der Waals surface area contributed by atoms with Crippen LogP contribution in [0, 0.1) is 0 Å². The molecule has 0 atom stereocenters. The average Bonchev–Trinajstić information content (AvgIpc) is 2.76. The number of nitrogens with one attached hydrogen (secondary N) is 2. The minimum atomic E-state index is -0.378. The van der Waals surface area contributed by atoms with Crippen LogP contribution < -0.4 is 15.4 Å². The Kier molecular flexibility index (Phi) is 7.54. The van der Waals surface area contributed by atoms with Crippen LogP contribution in [0.15, 0.2) is 42.6 Å². The fraction of sp³-hybridized carbons (Fsp3) is 0.381. The van der Waals surface area contributed by atoms with Gasteiger partial charge in [0.25, 0.3) is 11.8 Å². The molecule has 29 heavy (non-hydrogen) atoms. The number of nitrogens with zero attached hydrogens (tertiary/aromatic N) is 2. The average molecular weight is 398 g/mol. The van der Waals surface area contributed by atoms with Gasteiger partial charge in [0.05, 0.1) is 19.8 Å². The summed E-state index contributed by atoms with van der Waals surface area (Å²) >= 11 is 0. The predicted octanol–water partition coefficient (Wildman–Crippen LogP) is 1.79. The molecular formula is C21H26N4O4. The molecule has 0 radical (unpaired) electrons. The SMILES string of the molecule is CCOc1ccc(NC(=O)c2cc(C(=O)NCCN3CCOCC3)ccn2)cc1. The molecule has 8 nitrogen and oxygen atoms in total. The molecule has 0 aliphatic carbocycles. The maximum absolute atomic E-state index is 12.5. The van der Waals surface area contributed by atoms with Crippen molar-refractivity contribution < 1.29 is 19.1 Å². The number of aromatic nitrogens is 1. The third-order valence-electron chi connectivity index (χ3n) is 4.50. The Morgan fingerprint density at radius 1 is 1.14 bits per heavy atom. The number of hydrogen-bond acceptors (Lipinski definition) is 6. The lowest BCUT2D eigenvalue weighted by Gasteiger charge is -2.26. The fourth-order valence-electron chi connectivity index (χ4n) is 2.95. The Balaban J connectivity index is 1.53. The molecule has 1 fully saturated rings. The van der Waals surface area contributed by atoms with Gasteiger partial charge in [-0.15, -0.1) is 0 Å². The largest absolute Gasteiger partial charge is 0.494 e. The zero-order valence-electron chi connectivity index (χ0n) is 16.5. The first-order valence-corrected chi connectivity index (χ1v) is 9.74. The van der Waals surface area contributed by atoms with E-state index in [9.17, 15) is 9.59 Å². The number of hydrogen-bond donors (Lipinski definition) is 2. The molecular weight excluding hydrogens is 372 g/mol. The van der Waals surface area contributed by atoms with Crippen molar-refractivity contribution in [1.29, 1.82) is 0 Å². The lowest BCUT2D eigenvalue weighted by atomic mass is 10.2. The molecule has 0 bridgehead atoms. The van der Waals surface area contributed by atoms with Gasteiger partial charge in [-0.3, -0.25) is 19.5 Å². The van der Waals surface area contributed by atoms with Crippen LogP contribution in [0.25, 0.3) is 0 Å². The van der Waals surface area contributed by atoms with Gasteiger partial charge in [0.2, 0.25) is 0 Å². The van der Waals surface area contributed by atoms with Gasteiger partial charge in [-0.25, -0.2) is 0 Å². The summed E-state index contributed by atoms with van der Waals surface area (Å²) in [6, 6.07) is 10.2. The zero-order chi connectivity index (χ0) is 20.5. The molecule has 1 saturated heterocycles. The summed E-state index contributed by atoms with van der Waals surface area (Å²) in [6.07, 6.45) is 1.46. The molecule has 1 aromatic carbocycles. The highest BCUT2D eigenvalue weighted by atomic mass is 16.5. The minimum absolute atomic E-state index is 0.180. The molecule has 0 unspecified atom stereocenters. The van der Waals surface area contributed by atoms with Crippen molar-refractivity contribution >= 4 is 17.5 Å². The molecule has 1 aliphatic heterocycles. The van der Waals surface area contributed by atoms with E-state index < -0.39 is 0 Å². The van der Waals surface area contributed by atoms with Crippen molar-refractivity contribution in [1.82, 2.24) is 15.2 Å². The fourth-order valence-corrected chi connectivity index (χ4v) is 2.95. The number of amides is 2. The van der Waals surface area contributed by atoms with E-state index in [0.717, 1.165) is 38.6 Å². The third kappa shape index (κ3) is 6.27. The van der Waals surface area contributed by atoms with E-state index in [-0.39, 0.29) is 17.5 Å². The number of morpholine rings is 1. The molecule has 2 amide bonds. The van der Waals surface area contributed by atoms with Gasteiger partial charge in [0, 0.05) is 43.6 Å². The molecule has 3 rings (SSSR count). The van der Waals surface area contributed by atoms with Crippen LogP contribution in [0.2, 0.25) is 0 Å². The summed E-state index contributed by atoms with van der Waals surface area (Å²) in [7, 11) is 0. The number of carbonyl (C=O) groups is 2. The predicted molar refractivity (Wildman–Crippen MR) is 109 cm³/mol. The van der Waals surface area contributed by atoms with Crippen molar-refractivity contribution in [2.24, 2.45) is 0 Å². The number of ether oxygens (including phenoxy) is 2. The molecule has 1 aliphatic rings. The van der Waals surface area contributed by atoms with Gasteiger partial charge in [-0.05, 0) is 43.3 Å². The molecule has 1 aromatic heterocycles. The van der Waals surface area contributed by atoms with Crippen LogP contribution in [0.4, 0.5) is 5.69 Å². The molecule has 8 heteroatoms. The van der Waals surface area contributed by atoms with Crippen LogP contribution in [0.1, 0.15) is 27.8 Å². The highest BCUT2D eigenvalue weighted by Gasteiger charge is 2.14. The molecule has 2 N–H and O–H groups in total. The standard InChI is InChI=1S/C21H26N4O4/c1-2-29-18-5-3-17(4-6-18)24-21(27)19-15-16(7-8-22-19)20(26)23-9-10-25-11-13-28-14-12-25/h3-8,15H,2,9-14H2,1H3,(H,23,26)(H,24,27). The van der Waals surface area contributed by atoms with Crippen molar-refractivity contribution in [3.63, 3.8) is 0 Å². The number of anilines is 1. The Bertz CT molecular complexity index is 820. The summed E-state index contributed by atoms with van der Waals surface area (Å²) in [5.74, 6) is 0.132. The monoisotopic (exact) mass is 398 g/mol. The molecule has 0 spiro atoms. The molecule has 2 aromatic rings. The number of rotatable bonds is 8. The van der Waals surface area contributed by atoms with E-state index in [2.05, 4.69) is 20.5 Å². The Labute approximate surface area is 170 Å². The minimum Gasteiger partial charge on any atom is -0.494 e. The summed E-state index contributed by atoms with van der Waals surface area (Å²) < 4.78 is 10.7. The van der Waals surface area contributed by atoms with Gasteiger partial charge in [0.1, 0.15) is 11.4 Å². The molecule has 2 heterocycles. The van der Waals surface area contributed by atoms with Crippen LogP contribution in [-0.4, -0.2) is 67.7 Å². The van der Waals surface area contributed by atoms with Crippen LogP contribution >= 0.6 is 0 Å². The third-order valence-corrected chi connectivity index (χ3v) is 4.50. The maximum Gasteiger partial charge on any atom is 0.274 e. The van der Waals surface area contributed by atoms with Crippen molar-refractivity contribution in [2.75, 3.05) is 51.3 Å². The van der Waals surface area contributed by atoms with Crippen LogP contribution in [-0.2, 0) is 4.74 Å². The summed E-state index contributed by atoms with van der Waals surface area (Å²) in [5.41, 5.74) is 1.21. The first kappa shape index (κ1) is 20.8. The van der Waals surface area contributed by atoms with Gasteiger partial charge in [-0.1, -0.05) is 0 Å². The van der Waals surface area contributed by atoms with Gasteiger partial charge < -0.3 is 20.1 Å². The van der Waals surface area contributed by atoms with Gasteiger partial charge >= 0.3 is 0 Å². The quantitative estimate of drug-likeness (QED) is 0.704. The topological polar surface area (TPSA) is 92.8 Å². The Hall–Kier alpha value is -2.97. The smallest absolute Gasteiger partial charge is 0.274 e. The van der Waals surface area contributed by atoms with E-state index in [0.29, 0.717) is 24.4 Å². The van der Waals surface area contributed by atoms with E-state index in [4.69, 9.17) is 9.47 Å². The molecule has 0 saturated carbocycles. The summed E-state index contributed by atoms with van der Waals surface area (Å²) in [5, 5.41) is 5.66. The number of benzene rings is 1. The Morgan fingerprint density at radius 2 is 1.90 bits per heavy atom. The van der Waals surface area contributed by atoms with Crippen molar-refractivity contribution in [3.05, 3.63) is 53.9 Å². The second-order valence-corrected chi connectivity index (χ2v) is 6.55. The first-order chi connectivity index (χ1) is 14.2. The van der Waals surface area contributed by atoms with Gasteiger partial charge in [0.15, 0.2) is 0 Å². The highest BCUT2D eigenvalue weighted by Crippen LogP contribution is 2.16. The Morgan fingerprint density at radius 3 is 2.62 bits per heavy atom. The summed E-state index contributed by atoms with van der Waals surface area (Å²) in [6.45, 7) is 7.00. The van der Waals surface area contributed by atoms with E-state index in [1.807, 2.05) is 6.92 Å². The van der Waals surface area contributed by atoms with E-state index in [1.54, 1.807) is 30.3 Å². The normalized spacial score (nSPS) is 14.2. The first-order valence-electron chi connectivity index (χ1n) is 9.74. The van der Waals surface area contributed by atoms with Gasteiger partial charge in [-0.2, -0.15) is 0 Å². The van der Waals surface area contributed by atoms with Crippen LogP contribution in [0.3, 0.4) is 0 Å². The number of pyridine rings is 1. The highest BCUT2D eigenvalue weighted by molar-refractivity contribution is 6.04. The second-order valence-electron chi connectivity index (χ2n) is 6.55. The van der Waals surface area contributed by atoms with Crippen molar-refractivity contribution in [3.8, 4) is 5.75 Å². The number of carbonyl (C=O) groups excluding carboxylic acids is 2. The lowest BCUT2D eigenvalue weighted by Crippen LogP contribution is -2.41. The maximum atomic E-state index is 12.5. The zero-order valence-corrected chi connectivity index (χ0v) is 16.5. The van der Waals surface area contributed by atoms with Crippen molar-refractivity contribution in [2.45, 2.75) is 6.92 Å². The van der Waals surface area contributed by atoms with E-state index >= 15 is 0 Å². The molecule has 154 valence electrons. The lowest BCUT2D eigenvalue weighted by molar-refractivity contribution is 0.0383. The van der Waals surface area contributed by atoms with E-state index in [1.165, 1.54) is 12.3 Å². The second kappa shape index (κ2) is 10.5.